The van der Waals surface area contributed by atoms with E-state index in [2.05, 4.69) is 24.1 Å². The molecule has 2 nitrogen and oxygen atoms in total. The molecule has 2 spiro atoms. The van der Waals surface area contributed by atoms with Crippen molar-refractivity contribution in [3.8, 4) is 0 Å². The predicted octanol–water partition coefficient (Wildman–Crippen LogP) is 2.93. The molecule has 17 heavy (non-hydrogen) atoms. The number of rotatable bonds is 1. The number of nitrogens with one attached hydrogen (secondary N) is 1. The van der Waals surface area contributed by atoms with Crippen molar-refractivity contribution in [3.63, 3.8) is 0 Å². The standard InChI is InChI=1S/C15H28N2/c1-13(2)17-12-14(7-3-4-8-14)16-11-15(17)9-5-6-10-15/h13,16H,3-12H2,1-2H3. The fourth-order valence-electron chi connectivity index (χ4n) is 4.62. The van der Waals surface area contributed by atoms with Crippen LogP contribution < -0.4 is 5.32 Å². The first kappa shape index (κ1) is 12.0. The average Bonchev–Trinajstić information content (AvgIpc) is 2.92. The minimum absolute atomic E-state index is 0.484. The van der Waals surface area contributed by atoms with Gasteiger partial charge >= 0.3 is 0 Å². The molecule has 1 heterocycles. The maximum absolute atomic E-state index is 3.97. The van der Waals surface area contributed by atoms with Crippen LogP contribution in [-0.2, 0) is 0 Å². The molecule has 0 aromatic rings. The van der Waals surface area contributed by atoms with Crippen LogP contribution in [0.15, 0.2) is 0 Å². The molecule has 1 saturated heterocycles. The second-order valence-corrected chi connectivity index (χ2v) is 6.99. The maximum Gasteiger partial charge on any atom is 0.0337 e. The molecule has 0 atom stereocenters. The van der Waals surface area contributed by atoms with E-state index in [1.165, 1.54) is 64.5 Å². The summed E-state index contributed by atoms with van der Waals surface area (Å²) in [7, 11) is 0. The fraction of sp³-hybridized carbons (Fsp3) is 1.00. The minimum Gasteiger partial charge on any atom is -0.308 e. The van der Waals surface area contributed by atoms with Gasteiger partial charge in [0.05, 0.1) is 0 Å². The smallest absolute Gasteiger partial charge is 0.0337 e. The van der Waals surface area contributed by atoms with Gasteiger partial charge in [-0.3, -0.25) is 4.90 Å². The highest BCUT2D eigenvalue weighted by Crippen LogP contribution is 2.43. The lowest BCUT2D eigenvalue weighted by Gasteiger charge is -2.54. The molecule has 0 unspecified atom stereocenters. The van der Waals surface area contributed by atoms with E-state index in [9.17, 15) is 0 Å². The Morgan fingerprint density at radius 2 is 1.53 bits per heavy atom. The Morgan fingerprint density at radius 1 is 0.941 bits per heavy atom. The van der Waals surface area contributed by atoms with E-state index in [-0.39, 0.29) is 0 Å². The van der Waals surface area contributed by atoms with Gasteiger partial charge in [0, 0.05) is 30.2 Å². The van der Waals surface area contributed by atoms with Gasteiger partial charge in [0.15, 0.2) is 0 Å². The van der Waals surface area contributed by atoms with Crippen LogP contribution >= 0.6 is 0 Å². The van der Waals surface area contributed by atoms with Crippen LogP contribution in [0.25, 0.3) is 0 Å². The lowest BCUT2D eigenvalue weighted by molar-refractivity contribution is -0.0133. The second kappa shape index (κ2) is 4.24. The van der Waals surface area contributed by atoms with Gasteiger partial charge in [-0.05, 0) is 39.5 Å². The van der Waals surface area contributed by atoms with Crippen LogP contribution in [0.4, 0.5) is 0 Å². The van der Waals surface area contributed by atoms with Crippen molar-refractivity contribution in [2.75, 3.05) is 13.1 Å². The van der Waals surface area contributed by atoms with Gasteiger partial charge in [-0.25, -0.2) is 0 Å². The summed E-state index contributed by atoms with van der Waals surface area (Å²) in [5.41, 5.74) is 1.00. The molecule has 0 radical (unpaired) electrons. The van der Waals surface area contributed by atoms with Crippen molar-refractivity contribution in [1.29, 1.82) is 0 Å². The lowest BCUT2D eigenvalue weighted by Crippen LogP contribution is -2.69. The summed E-state index contributed by atoms with van der Waals surface area (Å²) in [5.74, 6) is 0. The predicted molar refractivity (Wildman–Crippen MR) is 72.2 cm³/mol. The third-order valence-electron chi connectivity index (χ3n) is 5.59. The summed E-state index contributed by atoms with van der Waals surface area (Å²) in [6.45, 7) is 7.36. The molecule has 3 aliphatic rings. The van der Waals surface area contributed by atoms with Gasteiger partial charge in [-0.1, -0.05) is 25.7 Å². The Morgan fingerprint density at radius 3 is 2.12 bits per heavy atom. The van der Waals surface area contributed by atoms with Gasteiger partial charge < -0.3 is 5.32 Å². The highest BCUT2D eigenvalue weighted by molar-refractivity contribution is 5.09. The van der Waals surface area contributed by atoms with Crippen LogP contribution in [0.2, 0.25) is 0 Å². The van der Waals surface area contributed by atoms with Gasteiger partial charge in [0.25, 0.3) is 0 Å². The van der Waals surface area contributed by atoms with Crippen LogP contribution in [-0.4, -0.2) is 35.1 Å². The van der Waals surface area contributed by atoms with E-state index in [0.717, 1.165) is 0 Å². The van der Waals surface area contributed by atoms with E-state index in [1.54, 1.807) is 0 Å². The molecule has 0 aromatic carbocycles. The minimum atomic E-state index is 0.484. The summed E-state index contributed by atoms with van der Waals surface area (Å²) in [6.07, 6.45) is 11.4. The van der Waals surface area contributed by atoms with E-state index in [1.807, 2.05) is 0 Å². The number of piperazine rings is 1. The molecule has 1 aliphatic heterocycles. The Balaban J connectivity index is 1.81. The third-order valence-corrected chi connectivity index (χ3v) is 5.59. The summed E-state index contributed by atoms with van der Waals surface area (Å²) in [6, 6.07) is 0.715. The first-order chi connectivity index (χ1) is 8.16. The zero-order chi connectivity index (χ0) is 11.9. The van der Waals surface area contributed by atoms with E-state index in [4.69, 9.17) is 0 Å². The third kappa shape index (κ3) is 1.94. The summed E-state index contributed by atoms with van der Waals surface area (Å²) < 4.78 is 0. The zero-order valence-electron chi connectivity index (χ0n) is 11.6. The Hall–Kier alpha value is -0.0800. The SMILES string of the molecule is CC(C)N1CC2(CCCC2)NCC12CCCC2. The Bertz CT molecular complexity index is 273. The molecule has 2 saturated carbocycles. The number of hydrogen-bond acceptors (Lipinski definition) is 2. The average molecular weight is 236 g/mol. The van der Waals surface area contributed by atoms with E-state index < -0.39 is 0 Å². The van der Waals surface area contributed by atoms with Crippen LogP contribution in [0.1, 0.15) is 65.2 Å². The largest absolute Gasteiger partial charge is 0.308 e. The van der Waals surface area contributed by atoms with Crippen LogP contribution in [0.5, 0.6) is 0 Å². The van der Waals surface area contributed by atoms with E-state index in [0.29, 0.717) is 17.1 Å². The number of hydrogen-bond donors (Lipinski definition) is 1. The first-order valence-electron chi connectivity index (χ1n) is 7.68. The zero-order valence-corrected chi connectivity index (χ0v) is 11.6. The number of nitrogens with zero attached hydrogens (tertiary/aromatic N) is 1. The normalized spacial score (nSPS) is 31.9. The molecule has 98 valence electrons. The van der Waals surface area contributed by atoms with Crippen molar-refractivity contribution in [2.24, 2.45) is 0 Å². The fourth-order valence-corrected chi connectivity index (χ4v) is 4.62. The summed E-state index contributed by atoms with van der Waals surface area (Å²) in [4.78, 5) is 2.86. The summed E-state index contributed by atoms with van der Waals surface area (Å²) >= 11 is 0. The molecule has 0 amide bonds. The Kier molecular flexibility index (Phi) is 2.99. The Labute approximate surface area is 106 Å². The molecular formula is C15H28N2. The molecule has 3 fully saturated rings. The van der Waals surface area contributed by atoms with Crippen molar-refractivity contribution < 1.29 is 0 Å². The van der Waals surface area contributed by atoms with Gasteiger partial charge in [0.2, 0.25) is 0 Å². The lowest BCUT2D eigenvalue weighted by atomic mass is 9.83. The topological polar surface area (TPSA) is 15.3 Å². The quantitative estimate of drug-likeness (QED) is 0.753. The maximum atomic E-state index is 3.97. The molecule has 1 N–H and O–H groups in total. The van der Waals surface area contributed by atoms with Gasteiger partial charge in [-0.15, -0.1) is 0 Å². The van der Waals surface area contributed by atoms with Gasteiger partial charge in [-0.2, -0.15) is 0 Å². The van der Waals surface area contributed by atoms with Crippen molar-refractivity contribution >= 4 is 0 Å². The van der Waals surface area contributed by atoms with Crippen molar-refractivity contribution in [2.45, 2.75) is 82.3 Å². The highest BCUT2D eigenvalue weighted by Gasteiger charge is 2.49. The molecule has 3 rings (SSSR count). The van der Waals surface area contributed by atoms with Crippen LogP contribution in [0, 0.1) is 0 Å². The monoisotopic (exact) mass is 236 g/mol. The molecule has 2 heteroatoms. The van der Waals surface area contributed by atoms with E-state index >= 15 is 0 Å². The highest BCUT2D eigenvalue weighted by atomic mass is 15.3. The molecule has 0 bridgehead atoms. The van der Waals surface area contributed by atoms with Gasteiger partial charge in [0.1, 0.15) is 0 Å². The second-order valence-electron chi connectivity index (χ2n) is 6.99. The van der Waals surface area contributed by atoms with Crippen molar-refractivity contribution in [1.82, 2.24) is 10.2 Å². The molecular weight excluding hydrogens is 208 g/mol. The first-order valence-corrected chi connectivity index (χ1v) is 7.68. The summed E-state index contributed by atoms with van der Waals surface area (Å²) in [5, 5.41) is 3.97. The van der Waals surface area contributed by atoms with Crippen LogP contribution in [0.3, 0.4) is 0 Å². The molecule has 2 aliphatic carbocycles. The van der Waals surface area contributed by atoms with Crippen molar-refractivity contribution in [3.05, 3.63) is 0 Å². The molecule has 0 aromatic heterocycles.